The number of Topliss-reactive ketones (excluding diaryl/α,β-unsaturated/α-hetero) is 1. The van der Waals surface area contributed by atoms with Gasteiger partial charge in [0.15, 0.2) is 11.5 Å². The largest absolute Gasteiger partial charge is 0.489 e. The maximum Gasteiger partial charge on any atom is 0.162 e. The van der Waals surface area contributed by atoms with Gasteiger partial charge in [-0.3, -0.25) is 4.79 Å². The average molecular weight is 267 g/mol. The van der Waals surface area contributed by atoms with Crippen LogP contribution in [0.5, 0.6) is 11.5 Å². The van der Waals surface area contributed by atoms with E-state index in [9.17, 15) is 4.79 Å². The number of ketones is 1. The molecule has 1 heterocycles. The van der Waals surface area contributed by atoms with Crippen molar-refractivity contribution >= 4 is 17.4 Å². The van der Waals surface area contributed by atoms with Crippen LogP contribution in [0.1, 0.15) is 25.3 Å². The van der Waals surface area contributed by atoms with Gasteiger partial charge in [0, 0.05) is 22.9 Å². The Morgan fingerprint density at radius 2 is 1.89 bits per heavy atom. The molecule has 0 unspecified atom stereocenters. The van der Waals surface area contributed by atoms with Crippen molar-refractivity contribution in [3.8, 4) is 11.5 Å². The molecule has 4 heteroatoms. The summed E-state index contributed by atoms with van der Waals surface area (Å²) in [6.07, 6.45) is 2.66. The fourth-order valence-electron chi connectivity index (χ4n) is 2.18. The monoisotopic (exact) mass is 266 g/mol. The number of hydrogen-bond acceptors (Lipinski definition) is 3. The molecule has 3 nitrogen and oxygen atoms in total. The number of halogens is 1. The summed E-state index contributed by atoms with van der Waals surface area (Å²) in [7, 11) is 0. The Labute approximate surface area is 111 Å². The van der Waals surface area contributed by atoms with E-state index < -0.39 is 0 Å². The van der Waals surface area contributed by atoms with E-state index in [1.807, 2.05) is 6.07 Å². The number of hydrogen-bond donors (Lipinski definition) is 0. The first kappa shape index (κ1) is 11.8. The van der Waals surface area contributed by atoms with Crippen LogP contribution in [-0.4, -0.2) is 19.0 Å². The van der Waals surface area contributed by atoms with Gasteiger partial charge >= 0.3 is 0 Å². The average Bonchev–Trinajstić information content (AvgIpc) is 3.09. The Hall–Kier alpha value is -1.22. The van der Waals surface area contributed by atoms with Crippen molar-refractivity contribution in [3.05, 3.63) is 22.7 Å². The highest BCUT2D eigenvalue weighted by atomic mass is 35.5. The van der Waals surface area contributed by atoms with Crippen molar-refractivity contribution < 1.29 is 14.3 Å². The summed E-state index contributed by atoms with van der Waals surface area (Å²) in [5.41, 5.74) is 1.02. The third-order valence-electron chi connectivity index (χ3n) is 3.58. The van der Waals surface area contributed by atoms with Crippen molar-refractivity contribution in [3.63, 3.8) is 0 Å². The lowest BCUT2D eigenvalue weighted by molar-refractivity contribution is -0.116. The number of carbonyl (C=O) groups is 1. The van der Waals surface area contributed by atoms with Crippen LogP contribution in [0.4, 0.5) is 0 Å². The molecule has 0 saturated heterocycles. The molecule has 18 heavy (non-hydrogen) atoms. The lowest BCUT2D eigenvalue weighted by Crippen LogP contribution is -2.17. The quantitative estimate of drug-likeness (QED) is 0.825. The molecule has 1 aliphatic heterocycles. The molecule has 0 aromatic heterocycles. The zero-order chi connectivity index (χ0) is 12.8. The Morgan fingerprint density at radius 3 is 2.44 bits per heavy atom. The maximum absolute atomic E-state index is 11.2. The first-order valence-corrected chi connectivity index (χ1v) is 6.53. The van der Waals surface area contributed by atoms with Gasteiger partial charge in [-0.25, -0.2) is 0 Å². The van der Waals surface area contributed by atoms with E-state index in [1.54, 1.807) is 13.0 Å². The minimum Gasteiger partial charge on any atom is -0.489 e. The molecular weight excluding hydrogens is 252 g/mol. The number of fused-ring (bicyclic) bond motifs is 1. The minimum atomic E-state index is 0.0880. The predicted molar refractivity (Wildman–Crippen MR) is 68.5 cm³/mol. The van der Waals surface area contributed by atoms with Crippen molar-refractivity contribution in [1.82, 2.24) is 0 Å². The molecular formula is C14H15ClO3. The molecule has 1 saturated carbocycles. The van der Waals surface area contributed by atoms with Crippen LogP contribution in [0.3, 0.4) is 0 Å². The van der Waals surface area contributed by atoms with Crippen LogP contribution in [0.2, 0.25) is 5.02 Å². The predicted octanol–water partition coefficient (Wildman–Crippen LogP) is 3.02. The first-order valence-electron chi connectivity index (χ1n) is 6.15. The molecule has 3 rings (SSSR count). The summed E-state index contributed by atoms with van der Waals surface area (Å²) in [5, 5.41) is 0.569. The highest BCUT2D eigenvalue weighted by Gasteiger charge is 2.46. The second-order valence-corrected chi connectivity index (χ2v) is 5.75. The van der Waals surface area contributed by atoms with Crippen LogP contribution < -0.4 is 9.47 Å². The lowest BCUT2D eigenvalue weighted by atomic mass is 10.1. The van der Waals surface area contributed by atoms with Gasteiger partial charge in [0.25, 0.3) is 0 Å². The lowest BCUT2D eigenvalue weighted by Gasteiger charge is -2.10. The third-order valence-corrected chi connectivity index (χ3v) is 3.93. The van der Waals surface area contributed by atoms with Crippen LogP contribution in [0, 0.1) is 5.41 Å². The molecule has 0 amide bonds. The molecule has 0 N–H and O–H groups in total. The fourth-order valence-corrected chi connectivity index (χ4v) is 2.40. The van der Waals surface area contributed by atoms with Gasteiger partial charge in [-0.05, 0) is 31.4 Å². The van der Waals surface area contributed by atoms with Gasteiger partial charge in [0.1, 0.15) is 5.78 Å². The van der Waals surface area contributed by atoms with Gasteiger partial charge in [-0.15, -0.1) is 0 Å². The molecule has 0 radical (unpaired) electrons. The Kier molecular flexibility index (Phi) is 2.74. The number of ether oxygens (including phenoxy) is 2. The van der Waals surface area contributed by atoms with E-state index in [4.69, 9.17) is 21.1 Å². The molecule has 96 valence electrons. The number of benzene rings is 1. The highest BCUT2D eigenvalue weighted by molar-refractivity contribution is 6.31. The summed E-state index contributed by atoms with van der Waals surface area (Å²) in [6, 6.07) is 3.59. The van der Waals surface area contributed by atoms with E-state index in [0.717, 1.165) is 18.4 Å². The van der Waals surface area contributed by atoms with Crippen molar-refractivity contribution in [1.29, 1.82) is 0 Å². The second-order valence-electron chi connectivity index (χ2n) is 5.35. The topological polar surface area (TPSA) is 35.5 Å². The van der Waals surface area contributed by atoms with Crippen LogP contribution >= 0.6 is 11.6 Å². The molecule has 1 spiro atoms. The van der Waals surface area contributed by atoms with Gasteiger partial charge in [-0.2, -0.15) is 0 Å². The summed E-state index contributed by atoms with van der Waals surface area (Å²) < 4.78 is 11.6. The molecule has 1 aromatic carbocycles. The Morgan fingerprint density at radius 1 is 1.28 bits per heavy atom. The van der Waals surface area contributed by atoms with E-state index >= 15 is 0 Å². The Balaban J connectivity index is 1.90. The second kappa shape index (κ2) is 4.16. The van der Waals surface area contributed by atoms with Crippen molar-refractivity contribution in [2.24, 2.45) is 5.41 Å². The Bertz CT molecular complexity index is 506. The van der Waals surface area contributed by atoms with Crippen molar-refractivity contribution in [2.45, 2.75) is 26.2 Å². The first-order chi connectivity index (χ1) is 8.58. The van der Waals surface area contributed by atoms with Gasteiger partial charge in [-0.1, -0.05) is 11.6 Å². The van der Waals surface area contributed by atoms with E-state index in [-0.39, 0.29) is 11.2 Å². The van der Waals surface area contributed by atoms with Crippen molar-refractivity contribution in [2.75, 3.05) is 13.2 Å². The molecule has 1 aliphatic carbocycles. The normalized spacial score (nSPS) is 19.4. The van der Waals surface area contributed by atoms with Gasteiger partial charge in [0.2, 0.25) is 0 Å². The highest BCUT2D eigenvalue weighted by Crippen LogP contribution is 2.49. The molecule has 0 bridgehead atoms. The zero-order valence-corrected chi connectivity index (χ0v) is 11.0. The maximum atomic E-state index is 11.2. The summed E-state index contributed by atoms with van der Waals surface area (Å²) in [5.74, 6) is 1.49. The molecule has 0 atom stereocenters. The third kappa shape index (κ3) is 2.19. The standard InChI is InChI=1S/C14H15ClO3/c1-9(16)4-10-5-12-13(6-11(10)15)18-8-14(2-3-14)7-17-12/h5-6H,2-4,7-8H2,1H3. The van der Waals surface area contributed by atoms with Crippen LogP contribution in [0.15, 0.2) is 12.1 Å². The summed E-state index contributed by atoms with van der Waals surface area (Å²) in [4.78, 5) is 11.2. The van der Waals surface area contributed by atoms with Crippen LogP contribution in [0.25, 0.3) is 0 Å². The molecule has 1 aromatic rings. The number of carbonyl (C=O) groups excluding carboxylic acids is 1. The minimum absolute atomic E-state index is 0.0880. The summed E-state index contributed by atoms with van der Waals surface area (Å²) in [6.45, 7) is 2.95. The zero-order valence-electron chi connectivity index (χ0n) is 10.3. The number of rotatable bonds is 2. The smallest absolute Gasteiger partial charge is 0.162 e. The van der Waals surface area contributed by atoms with Gasteiger partial charge < -0.3 is 9.47 Å². The SMILES string of the molecule is CC(=O)Cc1cc2c(cc1Cl)OCC1(CC1)CO2. The fraction of sp³-hybridized carbons (Fsp3) is 0.500. The van der Waals surface area contributed by atoms with Crippen LogP contribution in [-0.2, 0) is 11.2 Å². The summed E-state index contributed by atoms with van der Waals surface area (Å²) >= 11 is 6.16. The van der Waals surface area contributed by atoms with E-state index in [1.165, 1.54) is 0 Å². The van der Waals surface area contributed by atoms with Gasteiger partial charge in [0.05, 0.1) is 13.2 Å². The molecule has 2 aliphatic rings. The van der Waals surface area contributed by atoms with E-state index in [2.05, 4.69) is 0 Å². The molecule has 1 fully saturated rings. The van der Waals surface area contributed by atoms with E-state index in [0.29, 0.717) is 36.2 Å².